The zero-order chi connectivity index (χ0) is 66.6. The molecule has 4 amide bonds. The zero-order valence-corrected chi connectivity index (χ0v) is 55.8. The van der Waals surface area contributed by atoms with Gasteiger partial charge in [-0.25, -0.2) is 0 Å². The van der Waals surface area contributed by atoms with E-state index in [4.69, 9.17) is 0 Å². The van der Waals surface area contributed by atoms with Crippen molar-refractivity contribution >= 4 is 89.0 Å². The van der Waals surface area contributed by atoms with Gasteiger partial charge in [0.05, 0.1) is 0 Å². The molecule has 0 bridgehead atoms. The quantitative estimate of drug-likeness (QED) is 0.0199. The van der Waals surface area contributed by atoms with Crippen molar-refractivity contribution in [2.24, 2.45) is 0 Å². The first kappa shape index (κ1) is 63.0. The highest BCUT2D eigenvalue weighted by atomic mass is 16.2. The zero-order valence-electron chi connectivity index (χ0n) is 55.8. The number of fused-ring (bicyclic) bond motifs is 2. The molecule has 2 aliphatic rings. The number of hydrogen-bond donors (Lipinski definition) is 0. The van der Waals surface area contributed by atoms with Crippen LogP contribution in [0.25, 0.3) is 87.6 Å². The molecule has 0 spiro atoms. The lowest BCUT2D eigenvalue weighted by Crippen LogP contribution is -2.41. The second kappa shape index (κ2) is 27.9. The molecular formula is C92H78N2O4. The van der Waals surface area contributed by atoms with Gasteiger partial charge in [0.1, 0.15) is 0 Å². The molecule has 0 atom stereocenters. The van der Waals surface area contributed by atoms with Crippen molar-refractivity contribution in [3.8, 4) is 22.3 Å². The molecular weight excluding hydrogens is 1200 g/mol. The van der Waals surface area contributed by atoms with E-state index in [9.17, 15) is 0 Å². The fraction of sp³-hybridized carbons (Fsp3) is 0.174. The summed E-state index contributed by atoms with van der Waals surface area (Å²) in [6, 6.07) is 93.0. The van der Waals surface area contributed by atoms with Gasteiger partial charge in [0.2, 0.25) is 0 Å². The van der Waals surface area contributed by atoms with Gasteiger partial charge in [0.15, 0.2) is 0 Å². The SMILES string of the molecule is CCCCCCCCN1C(=O)c2ccc3c4c(-c5ccc(C(=C(c6ccccc6)c6ccccc6)c6ccccc6)cc5)cc5c6c(ccc(c7c(-c8ccc(C(=C(c9ccccc9)c9ccccc9)c9ccccc9)cc8)cc(c2c37)C1=O)c64)C(=O)N(CCCCCCCC)C5=O. The summed E-state index contributed by atoms with van der Waals surface area (Å²) in [6.45, 7) is 5.06. The number of rotatable bonds is 24. The maximum atomic E-state index is 15.7. The van der Waals surface area contributed by atoms with E-state index in [-0.39, 0.29) is 23.6 Å². The fourth-order valence-corrected chi connectivity index (χ4v) is 15.6. The van der Waals surface area contributed by atoms with Crippen molar-refractivity contribution in [3.63, 3.8) is 0 Å². The standard InChI is InChI=1S/C92H78N2O4/c1-3-5-7-9-11-31-57-93-89(95)73-55-53-71-84-76(62-47-51-70(52-48-62)82(68-43-29-18-30-44-68)80(65-37-23-15-24-38-65)66-39-25-16-26-40-66)60-78-86-74(90(96)94(92(78)98)58-32-12-10-8-6-4-2)56-54-72(88(84)86)83-75(59-77(91(93)97)85(73)87(71)83)61-45-49-69(50-46-61)81(67-41-27-17-28-42-67)79(63-33-19-13-20-34-63)64-35-21-14-22-36-64/h13-30,33-56,59-60H,3-12,31-32,57-58H2,1-2H3. The van der Waals surface area contributed by atoms with Gasteiger partial charge in [-0.3, -0.25) is 29.0 Å². The van der Waals surface area contributed by atoms with Crippen molar-refractivity contribution < 1.29 is 19.2 Å². The largest absolute Gasteiger partial charge is 0.274 e. The van der Waals surface area contributed by atoms with Gasteiger partial charge in [-0.2, -0.15) is 0 Å². The summed E-state index contributed by atoms with van der Waals surface area (Å²) < 4.78 is 0. The third kappa shape index (κ3) is 11.6. The topological polar surface area (TPSA) is 74.8 Å². The van der Waals surface area contributed by atoms with Crippen molar-refractivity contribution in [1.82, 2.24) is 9.80 Å². The highest BCUT2D eigenvalue weighted by molar-refractivity contribution is 6.44. The first-order chi connectivity index (χ1) is 48.3. The monoisotopic (exact) mass is 1270 g/mol. The van der Waals surface area contributed by atoms with Crippen molar-refractivity contribution in [2.75, 3.05) is 13.1 Å². The van der Waals surface area contributed by atoms with Crippen molar-refractivity contribution in [2.45, 2.75) is 90.9 Å². The molecule has 13 aromatic rings. The average molecular weight is 1280 g/mol. The third-order valence-corrected chi connectivity index (χ3v) is 20.3. The first-order valence-corrected chi connectivity index (χ1v) is 35.3. The molecule has 6 heteroatoms. The smallest absolute Gasteiger partial charge is 0.261 e. The molecule has 0 fully saturated rings. The van der Waals surface area contributed by atoms with Crippen LogP contribution in [-0.2, 0) is 0 Å². The maximum absolute atomic E-state index is 15.7. The van der Waals surface area contributed by atoms with E-state index in [1.165, 1.54) is 9.80 Å². The van der Waals surface area contributed by atoms with Crippen LogP contribution in [0.3, 0.4) is 0 Å². The van der Waals surface area contributed by atoms with Crippen LogP contribution < -0.4 is 0 Å². The summed E-state index contributed by atoms with van der Waals surface area (Å²) in [4.78, 5) is 64.9. The molecule has 13 aromatic carbocycles. The Kier molecular flexibility index (Phi) is 18.0. The minimum atomic E-state index is -0.302. The average Bonchev–Trinajstić information content (AvgIpc) is 0.679. The van der Waals surface area contributed by atoms with E-state index in [0.29, 0.717) is 59.0 Å². The predicted octanol–water partition coefficient (Wildman–Crippen LogP) is 23.0. The van der Waals surface area contributed by atoms with Gasteiger partial charge >= 0.3 is 0 Å². The summed E-state index contributed by atoms with van der Waals surface area (Å²) in [5.41, 5.74) is 18.2. The molecule has 0 aromatic heterocycles. The van der Waals surface area contributed by atoms with Crippen molar-refractivity contribution in [1.29, 1.82) is 0 Å². The molecule has 0 saturated heterocycles. The van der Waals surface area contributed by atoms with Gasteiger partial charge in [0.25, 0.3) is 23.6 Å². The Bertz CT molecular complexity index is 4780. The van der Waals surface area contributed by atoms with E-state index < -0.39 is 0 Å². The third-order valence-electron chi connectivity index (χ3n) is 20.3. The van der Waals surface area contributed by atoms with E-state index >= 15 is 19.2 Å². The Labute approximate surface area is 574 Å². The van der Waals surface area contributed by atoms with E-state index in [1.54, 1.807) is 0 Å². The Morgan fingerprint density at radius 2 is 0.490 bits per heavy atom. The van der Waals surface area contributed by atoms with E-state index in [1.807, 2.05) is 24.3 Å². The van der Waals surface area contributed by atoms with Gasteiger partial charge < -0.3 is 0 Å². The molecule has 0 unspecified atom stereocenters. The molecule has 0 saturated carbocycles. The van der Waals surface area contributed by atoms with Crippen LogP contribution in [0, 0.1) is 0 Å². The highest BCUT2D eigenvalue weighted by Crippen LogP contribution is 2.53. The highest BCUT2D eigenvalue weighted by Gasteiger charge is 2.39. The van der Waals surface area contributed by atoms with Gasteiger partial charge in [0, 0.05) is 46.1 Å². The minimum absolute atomic E-state index is 0.292. The molecule has 0 aliphatic carbocycles. The number of unbranched alkanes of at least 4 members (excludes halogenated alkanes) is 10. The molecule has 98 heavy (non-hydrogen) atoms. The van der Waals surface area contributed by atoms with Gasteiger partial charge in [-0.1, -0.05) is 321 Å². The Balaban J connectivity index is 0.988. The number of benzene rings is 13. The summed E-state index contributed by atoms with van der Waals surface area (Å²) in [6.07, 6.45) is 12.2. The minimum Gasteiger partial charge on any atom is -0.274 e. The second-order valence-corrected chi connectivity index (χ2v) is 26.4. The van der Waals surface area contributed by atoms with Crippen LogP contribution in [-0.4, -0.2) is 46.5 Å². The molecule has 0 radical (unpaired) electrons. The van der Waals surface area contributed by atoms with Crippen LogP contribution in [0.4, 0.5) is 0 Å². The number of amides is 4. The van der Waals surface area contributed by atoms with Crippen LogP contribution in [0.2, 0.25) is 0 Å². The number of imide groups is 2. The van der Waals surface area contributed by atoms with E-state index in [2.05, 4.69) is 257 Å². The number of carbonyl (C=O) groups is 4. The first-order valence-electron chi connectivity index (χ1n) is 35.3. The van der Waals surface area contributed by atoms with Gasteiger partial charge in [-0.15, -0.1) is 0 Å². The van der Waals surface area contributed by atoms with Crippen LogP contribution in [0.15, 0.2) is 267 Å². The lowest BCUT2D eigenvalue weighted by Gasteiger charge is -2.32. The molecule has 15 rings (SSSR count). The number of carbonyl (C=O) groups excluding carboxylic acids is 4. The molecule has 6 nitrogen and oxygen atoms in total. The summed E-state index contributed by atoms with van der Waals surface area (Å²) in [5, 5.41) is 6.22. The molecule has 2 heterocycles. The summed E-state index contributed by atoms with van der Waals surface area (Å²) in [5.74, 6) is -1.19. The number of hydrogen-bond acceptors (Lipinski definition) is 4. The lowest BCUT2D eigenvalue weighted by molar-refractivity contribution is 0.0592. The van der Waals surface area contributed by atoms with Gasteiger partial charge in [-0.05, 0) is 158 Å². The summed E-state index contributed by atoms with van der Waals surface area (Å²) in [7, 11) is 0. The van der Waals surface area contributed by atoms with Crippen LogP contribution in [0.1, 0.15) is 177 Å². The van der Waals surface area contributed by atoms with E-state index in [0.717, 1.165) is 186 Å². The predicted molar refractivity (Wildman–Crippen MR) is 405 cm³/mol. The molecule has 0 N–H and O–H groups in total. The maximum Gasteiger partial charge on any atom is 0.261 e. The number of nitrogens with zero attached hydrogens (tertiary/aromatic N) is 2. The van der Waals surface area contributed by atoms with Crippen LogP contribution in [0.5, 0.6) is 0 Å². The Morgan fingerprint density at radius 1 is 0.235 bits per heavy atom. The Morgan fingerprint density at radius 3 is 0.776 bits per heavy atom. The lowest BCUT2D eigenvalue weighted by atomic mass is 9.77. The van der Waals surface area contributed by atoms with Crippen LogP contribution >= 0.6 is 0 Å². The fourth-order valence-electron chi connectivity index (χ4n) is 15.6. The molecule has 480 valence electrons. The Hall–Kier alpha value is -11.1. The second-order valence-electron chi connectivity index (χ2n) is 26.4. The molecule has 2 aliphatic heterocycles. The summed E-state index contributed by atoms with van der Waals surface area (Å²) >= 11 is 0. The van der Waals surface area contributed by atoms with Crippen molar-refractivity contribution in [3.05, 3.63) is 334 Å². The normalized spacial score (nSPS) is 12.8.